The SMILES string of the molecule is CCCCCCNc1[nH]c(=O)[nH]c(=O)c1Br. The molecule has 90 valence electrons. The maximum absolute atomic E-state index is 11.2. The average Bonchev–Trinajstić information content (AvgIpc) is 2.24. The Kier molecular flexibility index (Phi) is 5.31. The molecule has 1 aromatic heterocycles. The van der Waals surface area contributed by atoms with Crippen LogP contribution in [0.15, 0.2) is 14.1 Å². The maximum Gasteiger partial charge on any atom is 0.327 e. The Morgan fingerprint density at radius 1 is 1.19 bits per heavy atom. The number of aromatic amines is 2. The molecule has 0 bridgehead atoms. The van der Waals surface area contributed by atoms with E-state index in [4.69, 9.17) is 0 Å². The van der Waals surface area contributed by atoms with Crippen molar-refractivity contribution in [1.29, 1.82) is 0 Å². The standard InChI is InChI=1S/C10H16BrN3O2/c1-2-3-4-5-6-12-8-7(11)9(15)14-10(16)13-8/h2-6H2,1H3,(H3,12,13,14,15,16). The minimum Gasteiger partial charge on any atom is -0.370 e. The first-order valence-electron chi connectivity index (χ1n) is 5.41. The minimum absolute atomic E-state index is 0.336. The van der Waals surface area contributed by atoms with Gasteiger partial charge in [-0.25, -0.2) is 4.79 Å². The second-order valence-corrected chi connectivity index (χ2v) is 4.38. The van der Waals surface area contributed by atoms with Crippen LogP contribution in [0.25, 0.3) is 0 Å². The summed E-state index contributed by atoms with van der Waals surface area (Å²) >= 11 is 3.12. The second kappa shape index (κ2) is 6.52. The number of anilines is 1. The summed E-state index contributed by atoms with van der Waals surface area (Å²) in [6.45, 7) is 2.90. The van der Waals surface area contributed by atoms with Crippen molar-refractivity contribution < 1.29 is 0 Å². The Bertz CT molecular complexity index is 438. The van der Waals surface area contributed by atoms with Crippen LogP contribution in [0.1, 0.15) is 32.6 Å². The van der Waals surface area contributed by atoms with Crippen molar-refractivity contribution in [1.82, 2.24) is 9.97 Å². The van der Waals surface area contributed by atoms with Gasteiger partial charge in [-0.05, 0) is 22.4 Å². The smallest absolute Gasteiger partial charge is 0.327 e. The lowest BCUT2D eigenvalue weighted by Gasteiger charge is -2.06. The fourth-order valence-corrected chi connectivity index (χ4v) is 1.70. The third kappa shape index (κ3) is 3.84. The van der Waals surface area contributed by atoms with Crippen LogP contribution in [0.3, 0.4) is 0 Å². The highest BCUT2D eigenvalue weighted by molar-refractivity contribution is 9.10. The molecule has 0 spiro atoms. The Labute approximate surface area is 102 Å². The molecule has 16 heavy (non-hydrogen) atoms. The van der Waals surface area contributed by atoms with Gasteiger partial charge in [0.15, 0.2) is 0 Å². The highest BCUT2D eigenvalue weighted by atomic mass is 79.9. The minimum atomic E-state index is -0.496. The van der Waals surface area contributed by atoms with E-state index in [1.165, 1.54) is 12.8 Å². The number of unbranched alkanes of at least 4 members (excludes halogenated alkanes) is 3. The Morgan fingerprint density at radius 2 is 1.94 bits per heavy atom. The fourth-order valence-electron chi connectivity index (χ4n) is 1.36. The van der Waals surface area contributed by atoms with E-state index in [0.29, 0.717) is 10.3 Å². The van der Waals surface area contributed by atoms with Crippen molar-refractivity contribution in [2.45, 2.75) is 32.6 Å². The van der Waals surface area contributed by atoms with E-state index in [9.17, 15) is 9.59 Å². The molecular formula is C10H16BrN3O2. The molecule has 0 aliphatic carbocycles. The molecule has 0 aliphatic rings. The molecule has 0 atom stereocenters. The summed E-state index contributed by atoms with van der Waals surface area (Å²) in [5.74, 6) is 0.449. The molecular weight excluding hydrogens is 274 g/mol. The van der Waals surface area contributed by atoms with Gasteiger partial charge in [-0.3, -0.25) is 14.8 Å². The summed E-state index contributed by atoms with van der Waals surface area (Å²) in [5, 5.41) is 3.03. The van der Waals surface area contributed by atoms with Gasteiger partial charge in [-0.15, -0.1) is 0 Å². The lowest BCUT2D eigenvalue weighted by atomic mass is 10.2. The molecule has 0 amide bonds. The quantitative estimate of drug-likeness (QED) is 0.699. The van der Waals surface area contributed by atoms with Crippen LogP contribution in [-0.2, 0) is 0 Å². The molecule has 0 fully saturated rings. The predicted molar refractivity (Wildman–Crippen MR) is 68.0 cm³/mol. The van der Waals surface area contributed by atoms with Gasteiger partial charge in [0, 0.05) is 6.54 Å². The van der Waals surface area contributed by atoms with Gasteiger partial charge in [0.05, 0.1) is 0 Å². The van der Waals surface area contributed by atoms with E-state index in [1.54, 1.807) is 0 Å². The predicted octanol–water partition coefficient (Wildman–Crippen LogP) is 1.82. The largest absolute Gasteiger partial charge is 0.370 e. The topological polar surface area (TPSA) is 77.8 Å². The van der Waals surface area contributed by atoms with Gasteiger partial charge in [0.25, 0.3) is 5.56 Å². The number of nitrogens with one attached hydrogen (secondary N) is 3. The number of hydrogen-bond donors (Lipinski definition) is 3. The molecule has 0 unspecified atom stereocenters. The molecule has 6 heteroatoms. The Morgan fingerprint density at radius 3 is 2.62 bits per heavy atom. The molecule has 0 aromatic carbocycles. The van der Waals surface area contributed by atoms with E-state index in [0.717, 1.165) is 19.4 Å². The van der Waals surface area contributed by atoms with Crippen LogP contribution in [0, 0.1) is 0 Å². The van der Waals surface area contributed by atoms with Crippen molar-refractivity contribution in [3.63, 3.8) is 0 Å². The maximum atomic E-state index is 11.2. The van der Waals surface area contributed by atoms with E-state index < -0.39 is 11.2 Å². The van der Waals surface area contributed by atoms with E-state index in [2.05, 4.69) is 38.1 Å². The van der Waals surface area contributed by atoms with Crippen LogP contribution in [-0.4, -0.2) is 16.5 Å². The van der Waals surface area contributed by atoms with Gasteiger partial charge in [0.2, 0.25) is 0 Å². The van der Waals surface area contributed by atoms with Crippen LogP contribution < -0.4 is 16.6 Å². The van der Waals surface area contributed by atoms with Crippen molar-refractivity contribution in [3.05, 3.63) is 25.3 Å². The molecule has 1 rings (SSSR count). The molecule has 0 aliphatic heterocycles. The first-order chi connectivity index (χ1) is 7.65. The van der Waals surface area contributed by atoms with E-state index >= 15 is 0 Å². The average molecular weight is 290 g/mol. The van der Waals surface area contributed by atoms with Crippen molar-refractivity contribution >= 4 is 21.7 Å². The van der Waals surface area contributed by atoms with Gasteiger partial charge >= 0.3 is 5.69 Å². The van der Waals surface area contributed by atoms with Gasteiger partial charge in [-0.1, -0.05) is 26.2 Å². The van der Waals surface area contributed by atoms with Crippen molar-refractivity contribution in [2.24, 2.45) is 0 Å². The molecule has 0 saturated heterocycles. The Balaban J connectivity index is 2.54. The summed E-state index contributed by atoms with van der Waals surface area (Å²) in [5.41, 5.74) is -0.913. The van der Waals surface area contributed by atoms with E-state index in [-0.39, 0.29) is 0 Å². The summed E-state index contributed by atoms with van der Waals surface area (Å²) in [6.07, 6.45) is 4.56. The highest BCUT2D eigenvalue weighted by Gasteiger charge is 2.04. The van der Waals surface area contributed by atoms with Crippen LogP contribution in [0.5, 0.6) is 0 Å². The summed E-state index contributed by atoms with van der Waals surface area (Å²) in [7, 11) is 0. The lowest BCUT2D eigenvalue weighted by Crippen LogP contribution is -2.25. The zero-order valence-electron chi connectivity index (χ0n) is 9.23. The molecule has 5 nitrogen and oxygen atoms in total. The molecule has 1 heterocycles. The van der Waals surface area contributed by atoms with Gasteiger partial charge < -0.3 is 5.32 Å². The first kappa shape index (κ1) is 13.0. The summed E-state index contributed by atoms with van der Waals surface area (Å²) in [6, 6.07) is 0. The lowest BCUT2D eigenvalue weighted by molar-refractivity contribution is 0.684. The van der Waals surface area contributed by atoms with E-state index in [1.807, 2.05) is 0 Å². The summed E-state index contributed by atoms with van der Waals surface area (Å²) in [4.78, 5) is 26.9. The van der Waals surface area contributed by atoms with Crippen molar-refractivity contribution in [2.75, 3.05) is 11.9 Å². The zero-order chi connectivity index (χ0) is 12.0. The highest BCUT2D eigenvalue weighted by Crippen LogP contribution is 2.12. The first-order valence-corrected chi connectivity index (χ1v) is 6.20. The third-order valence-electron chi connectivity index (χ3n) is 2.22. The van der Waals surface area contributed by atoms with Crippen molar-refractivity contribution in [3.8, 4) is 0 Å². The Hall–Kier alpha value is -1.04. The molecule has 3 N–H and O–H groups in total. The van der Waals surface area contributed by atoms with Crippen LogP contribution in [0.2, 0.25) is 0 Å². The zero-order valence-corrected chi connectivity index (χ0v) is 10.8. The molecule has 0 saturated carbocycles. The van der Waals surface area contributed by atoms with Gasteiger partial charge in [0.1, 0.15) is 10.3 Å². The molecule has 0 radical (unpaired) electrons. The second-order valence-electron chi connectivity index (χ2n) is 3.58. The van der Waals surface area contributed by atoms with Crippen LogP contribution in [0.4, 0.5) is 5.82 Å². The van der Waals surface area contributed by atoms with Gasteiger partial charge in [-0.2, -0.15) is 0 Å². The number of H-pyrrole nitrogens is 2. The fraction of sp³-hybridized carbons (Fsp3) is 0.600. The summed E-state index contributed by atoms with van der Waals surface area (Å²) < 4.78 is 0.336. The number of aromatic nitrogens is 2. The number of halogens is 1. The monoisotopic (exact) mass is 289 g/mol. The normalized spacial score (nSPS) is 10.4. The number of rotatable bonds is 6. The molecule has 1 aromatic rings. The van der Waals surface area contributed by atoms with Crippen LogP contribution >= 0.6 is 15.9 Å². The third-order valence-corrected chi connectivity index (χ3v) is 2.97. The number of hydrogen-bond acceptors (Lipinski definition) is 3.